The zero-order chi connectivity index (χ0) is 16.8. The minimum atomic E-state index is -2.09. The first kappa shape index (κ1) is 20.7. The van der Waals surface area contributed by atoms with E-state index in [4.69, 9.17) is 13.6 Å². The summed E-state index contributed by atoms with van der Waals surface area (Å²) in [6, 6.07) is 0. The van der Waals surface area contributed by atoms with Crippen LogP contribution in [0, 0.1) is 0 Å². The Balaban J connectivity index is 4.26. The molecule has 0 atom stereocenters. The van der Waals surface area contributed by atoms with E-state index in [-0.39, 0.29) is 19.8 Å². The molecule has 0 aromatic carbocycles. The van der Waals surface area contributed by atoms with Crippen molar-refractivity contribution in [2.24, 2.45) is 0 Å². The lowest BCUT2D eigenvalue weighted by Crippen LogP contribution is -2.16. The van der Waals surface area contributed by atoms with E-state index in [2.05, 4.69) is 14.2 Å². The number of hydrogen-bond acceptors (Lipinski definition) is 9. The van der Waals surface area contributed by atoms with Crippen LogP contribution in [0.5, 0.6) is 0 Å². The quantitative estimate of drug-likeness (QED) is 0.291. The van der Waals surface area contributed by atoms with Crippen LogP contribution in [0.4, 0.5) is 0 Å². The SMILES string of the molecule is CCOC(=O)COP(OCC(=O)OCC)OCC(=O)OCC. The van der Waals surface area contributed by atoms with Crippen LogP contribution in [0.25, 0.3) is 0 Å². The minimum Gasteiger partial charge on any atom is -0.464 e. The highest BCUT2D eigenvalue weighted by atomic mass is 31.2. The van der Waals surface area contributed by atoms with Crippen LogP contribution in [0.1, 0.15) is 20.8 Å². The van der Waals surface area contributed by atoms with Crippen LogP contribution in [0.15, 0.2) is 0 Å². The van der Waals surface area contributed by atoms with Crippen molar-refractivity contribution in [2.45, 2.75) is 20.8 Å². The number of carbonyl (C=O) groups excluding carboxylic acids is 3. The first-order valence-corrected chi connectivity index (χ1v) is 7.78. The van der Waals surface area contributed by atoms with E-state index in [9.17, 15) is 14.4 Å². The molecule has 0 spiro atoms. The van der Waals surface area contributed by atoms with Crippen molar-refractivity contribution in [3.8, 4) is 0 Å². The van der Waals surface area contributed by atoms with Gasteiger partial charge in [-0.05, 0) is 20.8 Å². The fraction of sp³-hybridized carbons (Fsp3) is 0.750. The molecule has 0 aliphatic rings. The molecule has 128 valence electrons. The zero-order valence-electron chi connectivity index (χ0n) is 12.9. The summed E-state index contributed by atoms with van der Waals surface area (Å²) in [5.74, 6) is -1.85. The normalized spacial score (nSPS) is 10.4. The summed E-state index contributed by atoms with van der Waals surface area (Å²) < 4.78 is 29.1. The third-order valence-corrected chi connectivity index (χ3v) is 2.80. The van der Waals surface area contributed by atoms with Crippen LogP contribution in [-0.2, 0) is 42.2 Å². The predicted octanol–water partition coefficient (Wildman–Crippen LogP) is 0.952. The van der Waals surface area contributed by atoms with Gasteiger partial charge in [0.15, 0.2) is 19.8 Å². The molecule has 0 N–H and O–H groups in total. The van der Waals surface area contributed by atoms with Gasteiger partial charge in [-0.1, -0.05) is 0 Å². The maximum Gasteiger partial charge on any atom is 0.334 e. The van der Waals surface area contributed by atoms with Gasteiger partial charge in [0.2, 0.25) is 0 Å². The Hall–Kier alpha value is -1.28. The standard InChI is InChI=1S/C12H21O9P/c1-4-16-10(13)7-19-22(20-8-11(14)17-5-2)21-9-12(15)18-6-3/h4-9H2,1-3H3. The van der Waals surface area contributed by atoms with E-state index < -0.39 is 46.3 Å². The summed E-state index contributed by atoms with van der Waals surface area (Å²) in [6.45, 7) is 4.27. The molecule has 9 nitrogen and oxygen atoms in total. The second-order valence-corrected chi connectivity index (χ2v) is 4.68. The second-order valence-electron chi connectivity index (χ2n) is 3.46. The first-order valence-electron chi connectivity index (χ1n) is 6.69. The maximum absolute atomic E-state index is 11.2. The fourth-order valence-corrected chi connectivity index (χ4v) is 1.89. The lowest BCUT2D eigenvalue weighted by molar-refractivity contribution is -0.147. The summed E-state index contributed by atoms with van der Waals surface area (Å²) in [7, 11) is -2.09. The average Bonchev–Trinajstić information content (AvgIpc) is 2.47. The monoisotopic (exact) mass is 340 g/mol. The highest BCUT2D eigenvalue weighted by Gasteiger charge is 2.19. The van der Waals surface area contributed by atoms with Crippen molar-refractivity contribution >= 4 is 26.5 Å². The number of rotatable bonds is 12. The Morgan fingerprint density at radius 2 is 0.909 bits per heavy atom. The zero-order valence-corrected chi connectivity index (χ0v) is 13.8. The highest BCUT2D eigenvalue weighted by molar-refractivity contribution is 7.41. The molecule has 10 heteroatoms. The summed E-state index contributed by atoms with van der Waals surface area (Å²) in [4.78, 5) is 33.6. The van der Waals surface area contributed by atoms with Crippen molar-refractivity contribution in [3.05, 3.63) is 0 Å². The Morgan fingerprint density at radius 3 is 1.14 bits per heavy atom. The maximum atomic E-state index is 11.2. The van der Waals surface area contributed by atoms with Gasteiger partial charge in [0.05, 0.1) is 19.8 Å². The van der Waals surface area contributed by atoms with Crippen LogP contribution in [0.3, 0.4) is 0 Å². The van der Waals surface area contributed by atoms with Gasteiger partial charge in [0, 0.05) is 0 Å². The number of hydrogen-bond donors (Lipinski definition) is 0. The minimum absolute atomic E-state index is 0.202. The molecule has 0 aromatic heterocycles. The molecular formula is C12H21O9P. The van der Waals surface area contributed by atoms with Crippen LogP contribution in [0.2, 0.25) is 0 Å². The van der Waals surface area contributed by atoms with Gasteiger partial charge in [-0.2, -0.15) is 0 Å². The molecule has 0 aliphatic carbocycles. The van der Waals surface area contributed by atoms with Crippen LogP contribution in [-0.4, -0.2) is 57.5 Å². The Kier molecular flexibility index (Phi) is 12.6. The van der Waals surface area contributed by atoms with Crippen molar-refractivity contribution in [3.63, 3.8) is 0 Å². The molecule has 0 saturated carbocycles. The van der Waals surface area contributed by atoms with Crippen molar-refractivity contribution < 1.29 is 42.2 Å². The van der Waals surface area contributed by atoms with Gasteiger partial charge in [-0.3, -0.25) is 0 Å². The molecule has 0 unspecified atom stereocenters. The smallest absolute Gasteiger partial charge is 0.334 e. The third kappa shape index (κ3) is 11.4. The summed E-state index contributed by atoms with van der Waals surface area (Å²) in [5, 5.41) is 0. The van der Waals surface area contributed by atoms with E-state index in [1.165, 1.54) is 0 Å². The molecule has 22 heavy (non-hydrogen) atoms. The van der Waals surface area contributed by atoms with Crippen molar-refractivity contribution in [1.29, 1.82) is 0 Å². The van der Waals surface area contributed by atoms with Gasteiger partial charge in [0.1, 0.15) is 0 Å². The fourth-order valence-electron chi connectivity index (χ4n) is 1.04. The summed E-state index contributed by atoms with van der Waals surface area (Å²) in [5.41, 5.74) is 0. The van der Waals surface area contributed by atoms with E-state index in [1.54, 1.807) is 20.8 Å². The van der Waals surface area contributed by atoms with Gasteiger partial charge >= 0.3 is 26.5 Å². The summed E-state index contributed by atoms with van der Waals surface area (Å²) >= 11 is 0. The van der Waals surface area contributed by atoms with Crippen molar-refractivity contribution in [1.82, 2.24) is 0 Å². The molecule has 0 aliphatic heterocycles. The molecule has 0 rings (SSSR count). The second kappa shape index (κ2) is 13.4. The van der Waals surface area contributed by atoms with E-state index >= 15 is 0 Å². The number of esters is 3. The lowest BCUT2D eigenvalue weighted by Gasteiger charge is -2.15. The molecule has 0 heterocycles. The number of carbonyl (C=O) groups is 3. The largest absolute Gasteiger partial charge is 0.464 e. The predicted molar refractivity (Wildman–Crippen MR) is 74.7 cm³/mol. The van der Waals surface area contributed by atoms with Gasteiger partial charge in [-0.25, -0.2) is 14.4 Å². The van der Waals surface area contributed by atoms with Gasteiger partial charge in [-0.15, -0.1) is 0 Å². The van der Waals surface area contributed by atoms with Crippen LogP contribution < -0.4 is 0 Å². The molecular weight excluding hydrogens is 319 g/mol. The van der Waals surface area contributed by atoms with Gasteiger partial charge in [0.25, 0.3) is 0 Å². The molecule has 0 fully saturated rings. The Labute approximate surface area is 130 Å². The molecule has 0 aromatic rings. The Bertz CT molecular complexity index is 295. The third-order valence-electron chi connectivity index (χ3n) is 1.78. The van der Waals surface area contributed by atoms with Crippen molar-refractivity contribution in [2.75, 3.05) is 39.6 Å². The first-order chi connectivity index (χ1) is 10.5. The Morgan fingerprint density at radius 1 is 0.636 bits per heavy atom. The molecule has 0 amide bonds. The molecule has 0 bridgehead atoms. The average molecular weight is 340 g/mol. The topological polar surface area (TPSA) is 107 Å². The van der Waals surface area contributed by atoms with E-state index in [0.29, 0.717) is 0 Å². The molecule has 0 saturated heterocycles. The van der Waals surface area contributed by atoms with E-state index in [0.717, 1.165) is 0 Å². The van der Waals surface area contributed by atoms with Crippen LogP contribution >= 0.6 is 8.60 Å². The molecule has 0 radical (unpaired) electrons. The lowest BCUT2D eigenvalue weighted by atomic mass is 10.7. The van der Waals surface area contributed by atoms with Gasteiger partial charge < -0.3 is 27.8 Å². The highest BCUT2D eigenvalue weighted by Crippen LogP contribution is 2.39. The van der Waals surface area contributed by atoms with E-state index in [1.807, 2.05) is 0 Å². The number of ether oxygens (including phenoxy) is 3. The summed E-state index contributed by atoms with van der Waals surface area (Å²) in [6.07, 6.45) is 0.